The van der Waals surface area contributed by atoms with E-state index in [1.54, 1.807) is 6.07 Å². The highest BCUT2D eigenvalue weighted by atomic mass is 79.9. The molecule has 5 nitrogen and oxygen atoms in total. The van der Waals surface area contributed by atoms with Crippen LogP contribution in [0, 0.1) is 5.82 Å². The van der Waals surface area contributed by atoms with Gasteiger partial charge in [-0.25, -0.2) is 4.39 Å². The van der Waals surface area contributed by atoms with Crippen LogP contribution >= 0.6 is 15.9 Å². The molecule has 0 spiro atoms. The van der Waals surface area contributed by atoms with Crippen molar-refractivity contribution in [3.63, 3.8) is 0 Å². The SMILES string of the molecule is N/C(CC(=O)Nc1c(F)cccc1Br)=N/O. The first-order chi connectivity index (χ1) is 7.54. The largest absolute Gasteiger partial charge is 0.409 e. The van der Waals surface area contributed by atoms with Gasteiger partial charge in [-0.1, -0.05) is 11.2 Å². The van der Waals surface area contributed by atoms with Crippen molar-refractivity contribution >= 4 is 33.4 Å². The van der Waals surface area contributed by atoms with Crippen LogP contribution in [0.3, 0.4) is 0 Å². The Morgan fingerprint density at radius 3 is 2.88 bits per heavy atom. The van der Waals surface area contributed by atoms with Crippen LogP contribution in [0.2, 0.25) is 0 Å². The molecule has 0 saturated carbocycles. The van der Waals surface area contributed by atoms with E-state index in [0.717, 1.165) is 0 Å². The third-order valence-corrected chi connectivity index (χ3v) is 2.36. The smallest absolute Gasteiger partial charge is 0.232 e. The van der Waals surface area contributed by atoms with E-state index in [-0.39, 0.29) is 17.9 Å². The van der Waals surface area contributed by atoms with E-state index in [2.05, 4.69) is 26.4 Å². The molecule has 0 atom stereocenters. The molecule has 16 heavy (non-hydrogen) atoms. The number of nitrogens with one attached hydrogen (secondary N) is 1. The lowest BCUT2D eigenvalue weighted by molar-refractivity contribution is -0.115. The van der Waals surface area contributed by atoms with Crippen LogP contribution in [0.25, 0.3) is 0 Å². The molecule has 0 bridgehead atoms. The standard InChI is InChI=1S/C9H9BrFN3O2/c10-5-2-1-3-6(11)9(5)13-8(15)4-7(12)14-16/h1-3,16H,4H2,(H2,12,14)(H,13,15). The quantitative estimate of drug-likeness (QED) is 0.342. The number of nitrogens with zero attached hydrogens (tertiary/aromatic N) is 1. The van der Waals surface area contributed by atoms with Crippen molar-refractivity contribution < 1.29 is 14.4 Å². The van der Waals surface area contributed by atoms with Gasteiger partial charge < -0.3 is 16.3 Å². The van der Waals surface area contributed by atoms with E-state index < -0.39 is 11.7 Å². The molecule has 7 heteroatoms. The molecule has 0 aliphatic rings. The van der Waals surface area contributed by atoms with Crippen molar-refractivity contribution in [1.29, 1.82) is 0 Å². The number of benzene rings is 1. The van der Waals surface area contributed by atoms with Gasteiger partial charge in [0.25, 0.3) is 0 Å². The highest BCUT2D eigenvalue weighted by molar-refractivity contribution is 9.10. The Bertz CT molecular complexity index is 417. The number of nitrogens with two attached hydrogens (primary N) is 1. The van der Waals surface area contributed by atoms with Crippen molar-refractivity contribution in [1.82, 2.24) is 0 Å². The number of hydrogen-bond acceptors (Lipinski definition) is 3. The summed E-state index contributed by atoms with van der Waals surface area (Å²) in [5.41, 5.74) is 5.16. The molecule has 0 fully saturated rings. The van der Waals surface area contributed by atoms with Crippen molar-refractivity contribution in [2.24, 2.45) is 10.9 Å². The van der Waals surface area contributed by atoms with Gasteiger partial charge in [0.15, 0.2) is 0 Å². The number of carbonyl (C=O) groups is 1. The minimum Gasteiger partial charge on any atom is -0.409 e. The second-order valence-electron chi connectivity index (χ2n) is 2.91. The normalized spacial score (nSPS) is 11.2. The predicted octanol–water partition coefficient (Wildman–Crippen LogP) is 1.66. The number of halogens is 2. The third kappa shape index (κ3) is 3.20. The van der Waals surface area contributed by atoms with Gasteiger partial charge in [-0.2, -0.15) is 0 Å². The van der Waals surface area contributed by atoms with Crippen LogP contribution in [-0.2, 0) is 4.79 Å². The summed E-state index contributed by atoms with van der Waals surface area (Å²) in [5.74, 6) is -1.38. The van der Waals surface area contributed by atoms with Gasteiger partial charge in [0.1, 0.15) is 11.7 Å². The van der Waals surface area contributed by atoms with Crippen LogP contribution in [0.1, 0.15) is 6.42 Å². The zero-order valence-corrected chi connectivity index (χ0v) is 9.66. The van der Waals surface area contributed by atoms with Crippen LogP contribution in [0.4, 0.5) is 10.1 Å². The van der Waals surface area contributed by atoms with Gasteiger partial charge in [-0.3, -0.25) is 4.79 Å². The lowest BCUT2D eigenvalue weighted by Gasteiger charge is -2.07. The van der Waals surface area contributed by atoms with Crippen LogP contribution in [-0.4, -0.2) is 17.0 Å². The van der Waals surface area contributed by atoms with E-state index in [4.69, 9.17) is 10.9 Å². The third-order valence-electron chi connectivity index (χ3n) is 1.70. The Morgan fingerprint density at radius 2 is 2.31 bits per heavy atom. The van der Waals surface area contributed by atoms with E-state index in [1.165, 1.54) is 12.1 Å². The molecule has 0 heterocycles. The van der Waals surface area contributed by atoms with E-state index in [0.29, 0.717) is 4.47 Å². The van der Waals surface area contributed by atoms with Gasteiger partial charge in [0, 0.05) is 4.47 Å². The van der Waals surface area contributed by atoms with E-state index >= 15 is 0 Å². The fourth-order valence-electron chi connectivity index (χ4n) is 1.00. The molecular weight excluding hydrogens is 281 g/mol. The molecule has 1 aromatic rings. The average molecular weight is 290 g/mol. The first kappa shape index (κ1) is 12.4. The maximum absolute atomic E-state index is 13.3. The summed E-state index contributed by atoms with van der Waals surface area (Å²) in [7, 11) is 0. The molecule has 0 aliphatic heterocycles. The van der Waals surface area contributed by atoms with Gasteiger partial charge in [-0.05, 0) is 28.1 Å². The van der Waals surface area contributed by atoms with Gasteiger partial charge in [-0.15, -0.1) is 0 Å². The number of anilines is 1. The summed E-state index contributed by atoms with van der Waals surface area (Å²) in [6.45, 7) is 0. The Morgan fingerprint density at radius 1 is 1.62 bits per heavy atom. The fraction of sp³-hybridized carbons (Fsp3) is 0.111. The molecule has 0 radical (unpaired) electrons. The Hall–Kier alpha value is -1.63. The number of oxime groups is 1. The maximum atomic E-state index is 13.3. The zero-order chi connectivity index (χ0) is 12.1. The highest BCUT2D eigenvalue weighted by Crippen LogP contribution is 2.25. The van der Waals surface area contributed by atoms with Crippen molar-refractivity contribution in [3.8, 4) is 0 Å². The monoisotopic (exact) mass is 289 g/mol. The van der Waals surface area contributed by atoms with Crippen LogP contribution in [0.15, 0.2) is 27.8 Å². The Balaban J connectivity index is 2.77. The lowest BCUT2D eigenvalue weighted by atomic mass is 10.3. The minimum absolute atomic E-state index is 0.0261. The molecule has 1 rings (SSSR count). The maximum Gasteiger partial charge on any atom is 0.232 e. The second-order valence-corrected chi connectivity index (χ2v) is 3.77. The Kier molecular flexibility index (Phi) is 4.24. The fourth-order valence-corrected chi connectivity index (χ4v) is 1.44. The summed E-state index contributed by atoms with van der Waals surface area (Å²) < 4.78 is 13.7. The minimum atomic E-state index is -0.568. The molecule has 4 N–H and O–H groups in total. The number of hydrogen-bond donors (Lipinski definition) is 3. The van der Waals surface area contributed by atoms with Gasteiger partial charge >= 0.3 is 0 Å². The number of rotatable bonds is 3. The van der Waals surface area contributed by atoms with Crippen molar-refractivity contribution in [2.75, 3.05) is 5.32 Å². The second kappa shape index (κ2) is 5.45. The molecule has 1 amide bonds. The average Bonchev–Trinajstić information content (AvgIpc) is 2.23. The molecule has 1 aromatic carbocycles. The number of amides is 1. The lowest BCUT2D eigenvalue weighted by Crippen LogP contribution is -2.22. The first-order valence-electron chi connectivity index (χ1n) is 4.25. The number of carbonyl (C=O) groups excluding carboxylic acids is 1. The molecular formula is C9H9BrFN3O2. The van der Waals surface area contributed by atoms with Gasteiger partial charge in [0.2, 0.25) is 5.91 Å². The predicted molar refractivity (Wildman–Crippen MR) is 60.8 cm³/mol. The Labute approximate surface area is 99.3 Å². The van der Waals surface area contributed by atoms with E-state index in [1.807, 2.05) is 0 Å². The molecule has 0 aliphatic carbocycles. The van der Waals surface area contributed by atoms with Crippen molar-refractivity contribution in [3.05, 3.63) is 28.5 Å². The van der Waals surface area contributed by atoms with Crippen LogP contribution < -0.4 is 11.1 Å². The molecule has 0 unspecified atom stereocenters. The van der Waals surface area contributed by atoms with E-state index in [9.17, 15) is 9.18 Å². The topological polar surface area (TPSA) is 87.7 Å². The highest BCUT2D eigenvalue weighted by Gasteiger charge is 2.11. The molecule has 0 saturated heterocycles. The van der Waals surface area contributed by atoms with Gasteiger partial charge in [0.05, 0.1) is 12.1 Å². The molecule has 86 valence electrons. The summed E-state index contributed by atoms with van der Waals surface area (Å²) in [4.78, 5) is 11.3. The summed E-state index contributed by atoms with van der Waals surface area (Å²) in [5, 5.41) is 13.2. The first-order valence-corrected chi connectivity index (χ1v) is 5.04. The summed E-state index contributed by atoms with van der Waals surface area (Å²) >= 11 is 3.09. The number of amidine groups is 1. The number of para-hydroxylation sites is 1. The molecule has 0 aromatic heterocycles. The zero-order valence-electron chi connectivity index (χ0n) is 8.08. The summed E-state index contributed by atoms with van der Waals surface area (Å²) in [6.07, 6.45) is -0.308. The van der Waals surface area contributed by atoms with Crippen LogP contribution in [0.5, 0.6) is 0 Å². The van der Waals surface area contributed by atoms with Crippen molar-refractivity contribution in [2.45, 2.75) is 6.42 Å². The summed E-state index contributed by atoms with van der Waals surface area (Å²) in [6, 6.07) is 4.30.